The van der Waals surface area contributed by atoms with Crippen LogP contribution in [0.15, 0.2) is 28.7 Å². The number of alkyl halides is 1. The van der Waals surface area contributed by atoms with Gasteiger partial charge in [0.05, 0.1) is 6.42 Å². The van der Waals surface area contributed by atoms with Crippen LogP contribution in [0.25, 0.3) is 0 Å². The summed E-state index contributed by atoms with van der Waals surface area (Å²) in [4.78, 5) is 14.1. The van der Waals surface area contributed by atoms with Crippen molar-refractivity contribution in [3.05, 3.63) is 34.3 Å². The topological polar surface area (TPSA) is 20.3 Å². The predicted octanol–water partition coefficient (Wildman–Crippen LogP) is 3.47. The molecule has 1 saturated heterocycles. The van der Waals surface area contributed by atoms with Crippen molar-refractivity contribution in [3.8, 4) is 0 Å². The molecule has 0 saturated carbocycles. The first-order valence-corrected chi connectivity index (χ1v) is 7.60. The molecule has 0 radical (unpaired) electrons. The zero-order chi connectivity index (χ0) is 13.0. The first-order chi connectivity index (χ1) is 8.69. The number of likely N-dealkylation sites (tertiary alicyclic amines) is 1. The molecule has 18 heavy (non-hydrogen) atoms. The molecule has 98 valence electrons. The van der Waals surface area contributed by atoms with Crippen LogP contribution >= 0.6 is 27.5 Å². The molecule has 0 N–H and O–H groups in total. The maximum absolute atomic E-state index is 12.2. The molecule has 4 heteroatoms. The Kier molecular flexibility index (Phi) is 5.07. The molecular formula is C14H17BrClNO. The minimum Gasteiger partial charge on any atom is -0.342 e. The van der Waals surface area contributed by atoms with Gasteiger partial charge in [-0.1, -0.05) is 28.1 Å². The third-order valence-corrected chi connectivity index (χ3v) is 4.11. The van der Waals surface area contributed by atoms with E-state index in [1.807, 2.05) is 29.2 Å². The van der Waals surface area contributed by atoms with E-state index in [0.717, 1.165) is 36.0 Å². The van der Waals surface area contributed by atoms with E-state index in [1.54, 1.807) is 0 Å². The molecule has 1 heterocycles. The largest absolute Gasteiger partial charge is 0.342 e. The second-order valence-electron chi connectivity index (χ2n) is 4.78. The summed E-state index contributed by atoms with van der Waals surface area (Å²) in [7, 11) is 0. The fourth-order valence-corrected chi connectivity index (χ4v) is 3.14. The van der Waals surface area contributed by atoms with Crippen LogP contribution in [0.3, 0.4) is 0 Å². The Morgan fingerprint density at radius 1 is 1.50 bits per heavy atom. The van der Waals surface area contributed by atoms with Gasteiger partial charge in [0, 0.05) is 23.4 Å². The molecule has 1 unspecified atom stereocenters. The molecule has 1 atom stereocenters. The number of nitrogens with zero attached hydrogens (tertiary/aromatic N) is 1. The maximum atomic E-state index is 12.2. The second-order valence-corrected chi connectivity index (χ2v) is 6.07. The van der Waals surface area contributed by atoms with Crippen molar-refractivity contribution >= 4 is 33.4 Å². The minimum absolute atomic E-state index is 0.227. The maximum Gasteiger partial charge on any atom is 0.226 e. The number of carbonyl (C=O) groups excluding carboxylic acids is 1. The van der Waals surface area contributed by atoms with Gasteiger partial charge in [0.15, 0.2) is 0 Å². The van der Waals surface area contributed by atoms with Crippen LogP contribution in [0.1, 0.15) is 18.4 Å². The summed E-state index contributed by atoms with van der Waals surface area (Å²) < 4.78 is 1.02. The Balaban J connectivity index is 1.89. The predicted molar refractivity (Wildman–Crippen MR) is 77.9 cm³/mol. The zero-order valence-corrected chi connectivity index (χ0v) is 12.6. The van der Waals surface area contributed by atoms with Gasteiger partial charge < -0.3 is 4.90 Å². The van der Waals surface area contributed by atoms with Crippen LogP contribution in [0, 0.1) is 5.92 Å². The number of benzene rings is 1. The van der Waals surface area contributed by atoms with Crippen molar-refractivity contribution in [1.29, 1.82) is 0 Å². The van der Waals surface area contributed by atoms with Crippen LogP contribution < -0.4 is 0 Å². The third kappa shape index (κ3) is 3.72. The molecule has 0 spiro atoms. The molecule has 2 nitrogen and oxygen atoms in total. The zero-order valence-electron chi connectivity index (χ0n) is 10.2. The van der Waals surface area contributed by atoms with Crippen LogP contribution in [0.2, 0.25) is 0 Å². The number of carbonyl (C=O) groups is 1. The number of rotatable bonds is 4. The van der Waals surface area contributed by atoms with Gasteiger partial charge in [0.25, 0.3) is 0 Å². The molecule has 0 aliphatic carbocycles. The normalized spacial score (nSPS) is 19.2. The van der Waals surface area contributed by atoms with Crippen molar-refractivity contribution in [2.75, 3.05) is 19.0 Å². The second kappa shape index (κ2) is 6.58. The standard InChI is InChI=1S/C14H17BrClNO/c15-13-3-1-2-12(8-13)9-14(18)17-7-5-11(10-17)4-6-16/h1-3,8,11H,4-7,9-10H2. The highest BCUT2D eigenvalue weighted by Crippen LogP contribution is 2.21. The van der Waals surface area contributed by atoms with E-state index in [0.29, 0.717) is 18.2 Å². The summed E-state index contributed by atoms with van der Waals surface area (Å²) in [6.07, 6.45) is 2.60. The van der Waals surface area contributed by atoms with Crippen LogP contribution in [-0.2, 0) is 11.2 Å². The summed E-state index contributed by atoms with van der Waals surface area (Å²) in [5.41, 5.74) is 1.06. The van der Waals surface area contributed by atoms with E-state index >= 15 is 0 Å². The highest BCUT2D eigenvalue weighted by molar-refractivity contribution is 9.10. The fraction of sp³-hybridized carbons (Fsp3) is 0.500. The van der Waals surface area contributed by atoms with Gasteiger partial charge in [0.2, 0.25) is 5.91 Å². The van der Waals surface area contributed by atoms with Gasteiger partial charge in [-0.3, -0.25) is 4.79 Å². The van der Waals surface area contributed by atoms with Crippen LogP contribution in [-0.4, -0.2) is 29.8 Å². The lowest BCUT2D eigenvalue weighted by Gasteiger charge is -2.16. The Hall–Kier alpha value is -0.540. The van der Waals surface area contributed by atoms with Crippen LogP contribution in [0.5, 0.6) is 0 Å². The third-order valence-electron chi connectivity index (χ3n) is 3.40. The van der Waals surface area contributed by atoms with Gasteiger partial charge in [-0.05, 0) is 36.5 Å². The average molecular weight is 331 g/mol. The summed E-state index contributed by atoms with van der Waals surface area (Å²) in [5, 5.41) is 0. The number of hydrogen-bond acceptors (Lipinski definition) is 1. The lowest BCUT2D eigenvalue weighted by atomic mass is 10.1. The average Bonchev–Trinajstić information content (AvgIpc) is 2.78. The molecule has 1 aliphatic heterocycles. The van der Waals surface area contributed by atoms with Crippen molar-refractivity contribution in [1.82, 2.24) is 4.90 Å². The highest BCUT2D eigenvalue weighted by Gasteiger charge is 2.25. The van der Waals surface area contributed by atoms with Gasteiger partial charge in [-0.15, -0.1) is 11.6 Å². The molecule has 0 bridgehead atoms. The molecule has 2 rings (SSSR count). The van der Waals surface area contributed by atoms with Crippen molar-refractivity contribution < 1.29 is 4.79 Å². The monoisotopic (exact) mass is 329 g/mol. The summed E-state index contributed by atoms with van der Waals surface area (Å²) >= 11 is 9.17. The first kappa shape index (κ1) is 13.9. The lowest BCUT2D eigenvalue weighted by molar-refractivity contribution is -0.129. The number of hydrogen-bond donors (Lipinski definition) is 0. The van der Waals surface area contributed by atoms with Gasteiger partial charge in [-0.25, -0.2) is 0 Å². The highest BCUT2D eigenvalue weighted by atomic mass is 79.9. The minimum atomic E-state index is 0.227. The van der Waals surface area contributed by atoms with E-state index < -0.39 is 0 Å². The van der Waals surface area contributed by atoms with Crippen molar-refractivity contribution in [2.24, 2.45) is 5.92 Å². The van der Waals surface area contributed by atoms with Gasteiger partial charge in [0.1, 0.15) is 0 Å². The Morgan fingerprint density at radius 2 is 2.33 bits per heavy atom. The molecule has 1 aromatic rings. The van der Waals surface area contributed by atoms with Gasteiger partial charge >= 0.3 is 0 Å². The molecular weight excluding hydrogens is 314 g/mol. The van der Waals surface area contributed by atoms with Crippen LogP contribution in [0.4, 0.5) is 0 Å². The summed E-state index contributed by atoms with van der Waals surface area (Å²) in [6.45, 7) is 1.76. The van der Waals surface area contributed by atoms with E-state index in [-0.39, 0.29) is 5.91 Å². The Bertz CT molecular complexity index is 424. The van der Waals surface area contributed by atoms with E-state index in [9.17, 15) is 4.79 Å². The summed E-state index contributed by atoms with van der Waals surface area (Å²) in [5.74, 6) is 1.51. The molecule has 1 amide bonds. The summed E-state index contributed by atoms with van der Waals surface area (Å²) in [6, 6.07) is 7.94. The first-order valence-electron chi connectivity index (χ1n) is 6.27. The lowest BCUT2D eigenvalue weighted by Crippen LogP contribution is -2.30. The number of halogens is 2. The van der Waals surface area contributed by atoms with Crippen molar-refractivity contribution in [2.45, 2.75) is 19.3 Å². The Labute approximate surface area is 121 Å². The van der Waals surface area contributed by atoms with E-state index in [1.165, 1.54) is 0 Å². The van der Waals surface area contributed by atoms with Crippen molar-refractivity contribution in [3.63, 3.8) is 0 Å². The smallest absolute Gasteiger partial charge is 0.226 e. The van der Waals surface area contributed by atoms with E-state index in [2.05, 4.69) is 15.9 Å². The Morgan fingerprint density at radius 3 is 3.06 bits per heavy atom. The SMILES string of the molecule is O=C(Cc1cccc(Br)c1)N1CCC(CCCl)C1. The molecule has 1 aromatic carbocycles. The molecule has 1 aliphatic rings. The van der Waals surface area contributed by atoms with E-state index in [4.69, 9.17) is 11.6 Å². The number of amides is 1. The van der Waals surface area contributed by atoms with Gasteiger partial charge in [-0.2, -0.15) is 0 Å². The quantitative estimate of drug-likeness (QED) is 0.774. The molecule has 0 aromatic heterocycles. The fourth-order valence-electron chi connectivity index (χ4n) is 2.38. The molecule has 1 fully saturated rings.